The summed E-state index contributed by atoms with van der Waals surface area (Å²) in [5.74, 6) is 0.314. The highest BCUT2D eigenvalue weighted by Gasteiger charge is 2.25. The van der Waals surface area contributed by atoms with Crippen molar-refractivity contribution in [3.05, 3.63) is 57.4 Å². The average Bonchev–Trinajstić information content (AvgIpc) is 3.08. The number of nitro benzene ring substituents is 1. The van der Waals surface area contributed by atoms with Crippen LogP contribution in [0.1, 0.15) is 23.2 Å². The number of amides is 1. The van der Waals surface area contributed by atoms with Gasteiger partial charge in [-0.15, -0.1) is 0 Å². The Hall–Kier alpha value is -2.41. The molecule has 0 saturated carbocycles. The first-order valence-corrected chi connectivity index (χ1v) is 8.13. The summed E-state index contributed by atoms with van der Waals surface area (Å²) in [5.41, 5.74) is 0.197. The molecule has 1 aliphatic rings. The minimum absolute atomic E-state index is 0.116. The van der Waals surface area contributed by atoms with Crippen molar-refractivity contribution in [1.82, 2.24) is 14.7 Å². The molecule has 0 spiro atoms. The molecule has 1 amide bonds. The number of halogens is 1. The van der Waals surface area contributed by atoms with E-state index >= 15 is 0 Å². The molecule has 8 heteroatoms. The van der Waals surface area contributed by atoms with E-state index in [1.165, 1.54) is 18.2 Å². The number of benzene rings is 1. The van der Waals surface area contributed by atoms with Gasteiger partial charge in [0, 0.05) is 44.2 Å². The standard InChI is InChI=1S/C16H17ClN4O3/c17-15-10-13(21(23)24)2-3-14(15)16(22)19-8-4-12(5-9-19)11-20-7-1-6-18-20/h1-3,6-7,10,12H,4-5,8-9,11H2. The van der Waals surface area contributed by atoms with Crippen LogP contribution in [0.2, 0.25) is 5.02 Å². The number of rotatable bonds is 4. The van der Waals surface area contributed by atoms with Gasteiger partial charge in [0.25, 0.3) is 11.6 Å². The van der Waals surface area contributed by atoms with Crippen molar-refractivity contribution in [3.8, 4) is 0 Å². The fraction of sp³-hybridized carbons (Fsp3) is 0.375. The SMILES string of the molecule is O=C(c1ccc([N+](=O)[O-])cc1Cl)N1CCC(Cn2cccn2)CC1. The first-order chi connectivity index (χ1) is 11.5. The number of piperidine rings is 1. The van der Waals surface area contributed by atoms with Crippen molar-refractivity contribution in [2.75, 3.05) is 13.1 Å². The van der Waals surface area contributed by atoms with Crippen LogP contribution in [0, 0.1) is 16.0 Å². The van der Waals surface area contributed by atoms with Gasteiger partial charge in [-0.3, -0.25) is 19.6 Å². The normalized spacial score (nSPS) is 15.5. The van der Waals surface area contributed by atoms with Crippen molar-refractivity contribution in [3.63, 3.8) is 0 Å². The van der Waals surface area contributed by atoms with Gasteiger partial charge in [0.1, 0.15) is 0 Å². The van der Waals surface area contributed by atoms with E-state index in [0.717, 1.165) is 19.4 Å². The Morgan fingerprint density at radius 3 is 2.71 bits per heavy atom. The van der Waals surface area contributed by atoms with Gasteiger partial charge in [0.05, 0.1) is 15.5 Å². The third kappa shape index (κ3) is 3.56. The van der Waals surface area contributed by atoms with E-state index in [0.29, 0.717) is 24.6 Å². The molecule has 3 rings (SSSR count). The van der Waals surface area contributed by atoms with Crippen LogP contribution in [0.5, 0.6) is 0 Å². The molecule has 2 aromatic rings. The fourth-order valence-corrected chi connectivity index (χ4v) is 3.21. The number of carbonyl (C=O) groups excluding carboxylic acids is 1. The molecule has 1 aliphatic heterocycles. The third-order valence-corrected chi connectivity index (χ3v) is 4.61. The molecule has 0 atom stereocenters. The van der Waals surface area contributed by atoms with Gasteiger partial charge in [-0.1, -0.05) is 11.6 Å². The maximum absolute atomic E-state index is 12.6. The lowest BCUT2D eigenvalue weighted by molar-refractivity contribution is -0.384. The summed E-state index contributed by atoms with van der Waals surface area (Å²) < 4.78 is 1.91. The van der Waals surface area contributed by atoms with E-state index in [1.54, 1.807) is 11.1 Å². The van der Waals surface area contributed by atoms with Gasteiger partial charge < -0.3 is 4.90 Å². The van der Waals surface area contributed by atoms with Crippen molar-refractivity contribution in [2.24, 2.45) is 5.92 Å². The number of nitrogens with zero attached hydrogens (tertiary/aromatic N) is 4. The van der Waals surface area contributed by atoms with Gasteiger partial charge in [-0.05, 0) is 30.9 Å². The number of aromatic nitrogens is 2. The Morgan fingerprint density at radius 2 is 2.12 bits per heavy atom. The summed E-state index contributed by atoms with van der Waals surface area (Å²) >= 11 is 6.05. The highest BCUT2D eigenvalue weighted by molar-refractivity contribution is 6.34. The van der Waals surface area contributed by atoms with Crippen LogP contribution < -0.4 is 0 Å². The number of nitro groups is 1. The molecule has 1 fully saturated rings. The molecule has 2 heterocycles. The van der Waals surface area contributed by atoms with Gasteiger partial charge in [0.15, 0.2) is 0 Å². The number of hydrogen-bond donors (Lipinski definition) is 0. The zero-order valence-electron chi connectivity index (χ0n) is 13.0. The molecule has 1 aromatic heterocycles. The van der Waals surface area contributed by atoms with E-state index in [1.807, 2.05) is 16.9 Å². The van der Waals surface area contributed by atoms with Crippen LogP contribution in [0.4, 0.5) is 5.69 Å². The molecule has 0 unspecified atom stereocenters. The fourth-order valence-electron chi connectivity index (χ4n) is 2.95. The van der Waals surface area contributed by atoms with Crippen molar-refractivity contribution < 1.29 is 9.72 Å². The molecule has 0 bridgehead atoms. The van der Waals surface area contributed by atoms with E-state index in [4.69, 9.17) is 11.6 Å². The maximum Gasteiger partial charge on any atom is 0.270 e. The first kappa shape index (κ1) is 16.4. The molecule has 24 heavy (non-hydrogen) atoms. The lowest BCUT2D eigenvalue weighted by Gasteiger charge is -2.32. The predicted octanol–water partition coefficient (Wildman–Crippen LogP) is 3.00. The second kappa shape index (κ2) is 7.00. The van der Waals surface area contributed by atoms with Crippen LogP contribution >= 0.6 is 11.6 Å². The van der Waals surface area contributed by atoms with Crippen molar-refractivity contribution >= 4 is 23.2 Å². The smallest absolute Gasteiger partial charge is 0.270 e. The van der Waals surface area contributed by atoms with E-state index in [-0.39, 0.29) is 16.6 Å². The molecular formula is C16H17ClN4O3. The van der Waals surface area contributed by atoms with E-state index < -0.39 is 4.92 Å². The van der Waals surface area contributed by atoms with Gasteiger partial charge in [-0.2, -0.15) is 5.10 Å². The third-order valence-electron chi connectivity index (χ3n) is 4.30. The molecule has 0 aliphatic carbocycles. The molecule has 1 aromatic carbocycles. The largest absolute Gasteiger partial charge is 0.339 e. The lowest BCUT2D eigenvalue weighted by Crippen LogP contribution is -2.39. The number of hydrogen-bond acceptors (Lipinski definition) is 4. The maximum atomic E-state index is 12.6. The molecule has 0 radical (unpaired) electrons. The minimum atomic E-state index is -0.527. The molecular weight excluding hydrogens is 332 g/mol. The van der Waals surface area contributed by atoms with Crippen LogP contribution in [0.25, 0.3) is 0 Å². The van der Waals surface area contributed by atoms with Crippen LogP contribution in [0.15, 0.2) is 36.7 Å². The summed E-state index contributed by atoms with van der Waals surface area (Å²) in [4.78, 5) is 24.6. The first-order valence-electron chi connectivity index (χ1n) is 7.75. The van der Waals surface area contributed by atoms with Crippen molar-refractivity contribution in [1.29, 1.82) is 0 Å². The summed E-state index contributed by atoms with van der Waals surface area (Å²) in [6.07, 6.45) is 5.50. The quantitative estimate of drug-likeness (QED) is 0.628. The Morgan fingerprint density at radius 1 is 1.38 bits per heavy atom. The summed E-state index contributed by atoms with van der Waals surface area (Å²) in [6, 6.07) is 5.86. The molecule has 1 saturated heterocycles. The Bertz CT molecular complexity index is 740. The number of carbonyl (C=O) groups is 1. The van der Waals surface area contributed by atoms with Crippen molar-refractivity contribution in [2.45, 2.75) is 19.4 Å². The summed E-state index contributed by atoms with van der Waals surface area (Å²) in [5, 5.41) is 15.1. The molecule has 7 nitrogen and oxygen atoms in total. The second-order valence-corrected chi connectivity index (χ2v) is 6.29. The molecule has 0 N–H and O–H groups in total. The zero-order valence-corrected chi connectivity index (χ0v) is 13.7. The lowest BCUT2D eigenvalue weighted by atomic mass is 9.96. The monoisotopic (exact) mass is 348 g/mol. The number of non-ortho nitro benzene ring substituents is 1. The topological polar surface area (TPSA) is 81.3 Å². The summed E-state index contributed by atoms with van der Waals surface area (Å²) in [6.45, 7) is 2.16. The highest BCUT2D eigenvalue weighted by Crippen LogP contribution is 2.26. The molecule has 126 valence electrons. The van der Waals surface area contributed by atoms with E-state index in [2.05, 4.69) is 5.10 Å². The average molecular weight is 349 g/mol. The van der Waals surface area contributed by atoms with Crippen LogP contribution in [-0.4, -0.2) is 38.6 Å². The van der Waals surface area contributed by atoms with Crippen LogP contribution in [-0.2, 0) is 6.54 Å². The van der Waals surface area contributed by atoms with Crippen LogP contribution in [0.3, 0.4) is 0 Å². The predicted molar refractivity (Wildman–Crippen MR) is 89.0 cm³/mol. The van der Waals surface area contributed by atoms with Gasteiger partial charge in [0.2, 0.25) is 0 Å². The van der Waals surface area contributed by atoms with Gasteiger partial charge >= 0.3 is 0 Å². The second-order valence-electron chi connectivity index (χ2n) is 5.88. The van der Waals surface area contributed by atoms with Gasteiger partial charge in [-0.25, -0.2) is 0 Å². The Labute approximate surface area is 144 Å². The highest BCUT2D eigenvalue weighted by atomic mass is 35.5. The Balaban J connectivity index is 1.62. The zero-order chi connectivity index (χ0) is 17.1. The number of likely N-dealkylation sites (tertiary alicyclic amines) is 1. The summed E-state index contributed by atoms with van der Waals surface area (Å²) in [7, 11) is 0. The minimum Gasteiger partial charge on any atom is -0.339 e. The Kier molecular flexibility index (Phi) is 4.80. The van der Waals surface area contributed by atoms with E-state index in [9.17, 15) is 14.9 Å².